The molecule has 2 unspecified atom stereocenters. The van der Waals surface area contributed by atoms with Crippen molar-refractivity contribution in [3.8, 4) is 0 Å². The smallest absolute Gasteiger partial charge is 0.308 e. The van der Waals surface area contributed by atoms with Crippen LogP contribution in [0, 0.1) is 5.92 Å². The van der Waals surface area contributed by atoms with Crippen molar-refractivity contribution in [1.82, 2.24) is 9.80 Å². The van der Waals surface area contributed by atoms with Gasteiger partial charge in [-0.2, -0.15) is 0 Å². The number of carbonyl (C=O) groups is 3. The molecular formula is C10H14N2O4. The number of carbonyl (C=O) groups excluding carboxylic acids is 2. The van der Waals surface area contributed by atoms with Crippen LogP contribution in [0.5, 0.6) is 0 Å². The Morgan fingerprint density at radius 1 is 1.44 bits per heavy atom. The minimum Gasteiger partial charge on any atom is -0.481 e. The fourth-order valence-electron chi connectivity index (χ4n) is 2.29. The molecule has 0 aliphatic carbocycles. The third kappa shape index (κ3) is 1.64. The SMILES string of the molecule is CN1CCC(N2CC(C(=O)O)CC2=O)C1=O. The standard InChI is InChI=1S/C10H14N2O4/c1-11-3-2-7(9(11)14)12-5-6(10(15)16)4-8(12)13/h6-7H,2-5H2,1H3,(H,15,16). The molecule has 2 heterocycles. The van der Waals surface area contributed by atoms with Gasteiger partial charge in [-0.1, -0.05) is 0 Å². The molecule has 0 aromatic heterocycles. The van der Waals surface area contributed by atoms with Crippen molar-refractivity contribution in [2.75, 3.05) is 20.1 Å². The Morgan fingerprint density at radius 2 is 2.12 bits per heavy atom. The lowest BCUT2D eigenvalue weighted by molar-refractivity contribution is -0.141. The lowest BCUT2D eigenvalue weighted by Gasteiger charge is -2.22. The zero-order chi connectivity index (χ0) is 11.9. The summed E-state index contributed by atoms with van der Waals surface area (Å²) in [6.07, 6.45) is 0.621. The Hall–Kier alpha value is -1.59. The highest BCUT2D eigenvalue weighted by Crippen LogP contribution is 2.25. The van der Waals surface area contributed by atoms with Gasteiger partial charge in [-0.15, -0.1) is 0 Å². The van der Waals surface area contributed by atoms with E-state index in [0.717, 1.165) is 0 Å². The van der Waals surface area contributed by atoms with Gasteiger partial charge in [0, 0.05) is 26.6 Å². The van der Waals surface area contributed by atoms with Crippen LogP contribution >= 0.6 is 0 Å². The van der Waals surface area contributed by atoms with Gasteiger partial charge in [-0.25, -0.2) is 0 Å². The van der Waals surface area contributed by atoms with Crippen molar-refractivity contribution in [1.29, 1.82) is 0 Å². The number of rotatable bonds is 2. The van der Waals surface area contributed by atoms with Crippen LogP contribution in [-0.4, -0.2) is 58.9 Å². The number of likely N-dealkylation sites (tertiary alicyclic amines) is 2. The first-order valence-electron chi connectivity index (χ1n) is 5.28. The van der Waals surface area contributed by atoms with Crippen LogP contribution in [-0.2, 0) is 14.4 Å². The summed E-state index contributed by atoms with van der Waals surface area (Å²) < 4.78 is 0. The van der Waals surface area contributed by atoms with Crippen molar-refractivity contribution < 1.29 is 19.5 Å². The van der Waals surface area contributed by atoms with E-state index in [0.29, 0.717) is 13.0 Å². The van der Waals surface area contributed by atoms with Crippen LogP contribution in [0.3, 0.4) is 0 Å². The minimum absolute atomic E-state index is 0.0167. The second kappa shape index (κ2) is 3.77. The predicted molar refractivity (Wildman–Crippen MR) is 53.5 cm³/mol. The molecule has 2 saturated heterocycles. The Labute approximate surface area is 92.8 Å². The number of carboxylic acid groups (broad SMARTS) is 1. The lowest BCUT2D eigenvalue weighted by Crippen LogP contribution is -2.42. The van der Waals surface area contributed by atoms with E-state index in [1.54, 1.807) is 11.9 Å². The zero-order valence-corrected chi connectivity index (χ0v) is 9.05. The van der Waals surface area contributed by atoms with Gasteiger partial charge in [0.1, 0.15) is 6.04 Å². The molecule has 2 atom stereocenters. The Kier molecular flexibility index (Phi) is 2.57. The molecule has 6 nitrogen and oxygen atoms in total. The third-order valence-corrected chi connectivity index (χ3v) is 3.28. The van der Waals surface area contributed by atoms with Crippen LogP contribution in [0.15, 0.2) is 0 Å². The minimum atomic E-state index is -0.963. The second-order valence-corrected chi connectivity index (χ2v) is 4.35. The first kappa shape index (κ1) is 10.9. The van der Waals surface area contributed by atoms with E-state index in [1.165, 1.54) is 4.90 Å². The summed E-state index contributed by atoms with van der Waals surface area (Å²) in [5.74, 6) is -1.93. The normalized spacial score (nSPS) is 30.3. The second-order valence-electron chi connectivity index (χ2n) is 4.35. The molecule has 0 saturated carbocycles. The molecule has 2 rings (SSSR count). The monoisotopic (exact) mass is 226 g/mol. The van der Waals surface area contributed by atoms with E-state index >= 15 is 0 Å². The largest absolute Gasteiger partial charge is 0.481 e. The number of amides is 2. The van der Waals surface area contributed by atoms with Gasteiger partial charge in [0.15, 0.2) is 0 Å². The topological polar surface area (TPSA) is 77.9 Å². The van der Waals surface area contributed by atoms with Crippen molar-refractivity contribution in [3.05, 3.63) is 0 Å². The van der Waals surface area contributed by atoms with Crippen LogP contribution in [0.1, 0.15) is 12.8 Å². The van der Waals surface area contributed by atoms with Crippen LogP contribution in [0.2, 0.25) is 0 Å². The molecule has 0 aromatic carbocycles. The summed E-state index contributed by atoms with van der Waals surface area (Å²) in [5.41, 5.74) is 0. The van der Waals surface area contributed by atoms with E-state index in [-0.39, 0.29) is 24.8 Å². The molecule has 0 aromatic rings. The van der Waals surface area contributed by atoms with Crippen LogP contribution in [0.25, 0.3) is 0 Å². The van der Waals surface area contributed by atoms with E-state index < -0.39 is 17.9 Å². The van der Waals surface area contributed by atoms with Crippen molar-refractivity contribution in [2.24, 2.45) is 5.92 Å². The first-order chi connectivity index (χ1) is 7.50. The van der Waals surface area contributed by atoms with Gasteiger partial charge < -0.3 is 14.9 Å². The Morgan fingerprint density at radius 3 is 2.56 bits per heavy atom. The molecule has 2 aliphatic rings. The summed E-state index contributed by atoms with van der Waals surface area (Å²) in [5, 5.41) is 8.84. The Bertz CT molecular complexity index is 355. The summed E-state index contributed by atoms with van der Waals surface area (Å²) in [4.78, 5) is 37.1. The van der Waals surface area contributed by atoms with Gasteiger partial charge in [0.2, 0.25) is 11.8 Å². The quantitative estimate of drug-likeness (QED) is 0.665. The summed E-state index contributed by atoms with van der Waals surface area (Å²) in [6, 6.07) is -0.443. The first-order valence-corrected chi connectivity index (χ1v) is 5.28. The molecule has 0 bridgehead atoms. The number of nitrogens with zero attached hydrogens (tertiary/aromatic N) is 2. The highest BCUT2D eigenvalue weighted by Gasteiger charge is 2.43. The molecular weight excluding hydrogens is 212 g/mol. The van der Waals surface area contributed by atoms with Gasteiger partial charge in [-0.05, 0) is 6.42 Å². The highest BCUT2D eigenvalue weighted by molar-refractivity contribution is 5.92. The van der Waals surface area contributed by atoms with Crippen LogP contribution < -0.4 is 0 Å². The molecule has 1 N–H and O–H groups in total. The number of hydrogen-bond donors (Lipinski definition) is 1. The van der Waals surface area contributed by atoms with Gasteiger partial charge in [0.05, 0.1) is 5.92 Å². The molecule has 2 aliphatic heterocycles. The molecule has 2 amide bonds. The fourth-order valence-corrected chi connectivity index (χ4v) is 2.29. The average Bonchev–Trinajstić information content (AvgIpc) is 2.73. The third-order valence-electron chi connectivity index (χ3n) is 3.28. The van der Waals surface area contributed by atoms with E-state index in [4.69, 9.17) is 5.11 Å². The van der Waals surface area contributed by atoms with Crippen molar-refractivity contribution >= 4 is 17.8 Å². The molecule has 0 radical (unpaired) electrons. The predicted octanol–water partition coefficient (Wildman–Crippen LogP) is -0.850. The maximum Gasteiger partial charge on any atom is 0.308 e. The zero-order valence-electron chi connectivity index (χ0n) is 9.05. The molecule has 16 heavy (non-hydrogen) atoms. The molecule has 6 heteroatoms. The van der Waals surface area contributed by atoms with E-state index in [1.807, 2.05) is 0 Å². The number of hydrogen-bond acceptors (Lipinski definition) is 3. The molecule has 0 spiro atoms. The van der Waals surface area contributed by atoms with Crippen LogP contribution in [0.4, 0.5) is 0 Å². The lowest BCUT2D eigenvalue weighted by atomic mass is 10.1. The number of aliphatic carboxylic acids is 1. The van der Waals surface area contributed by atoms with Crippen molar-refractivity contribution in [3.63, 3.8) is 0 Å². The summed E-state index contributed by atoms with van der Waals surface area (Å²) >= 11 is 0. The van der Waals surface area contributed by atoms with Gasteiger partial charge in [-0.3, -0.25) is 14.4 Å². The van der Waals surface area contributed by atoms with Gasteiger partial charge >= 0.3 is 5.97 Å². The van der Waals surface area contributed by atoms with E-state index in [2.05, 4.69) is 0 Å². The van der Waals surface area contributed by atoms with Gasteiger partial charge in [0.25, 0.3) is 0 Å². The van der Waals surface area contributed by atoms with E-state index in [9.17, 15) is 14.4 Å². The molecule has 2 fully saturated rings. The summed E-state index contributed by atoms with van der Waals surface area (Å²) in [7, 11) is 1.69. The highest BCUT2D eigenvalue weighted by atomic mass is 16.4. The maximum absolute atomic E-state index is 11.7. The fraction of sp³-hybridized carbons (Fsp3) is 0.700. The Balaban J connectivity index is 2.09. The number of likely N-dealkylation sites (N-methyl/N-ethyl adjacent to an activating group) is 1. The van der Waals surface area contributed by atoms with Crippen molar-refractivity contribution in [2.45, 2.75) is 18.9 Å². The average molecular weight is 226 g/mol. The number of carboxylic acids is 1. The summed E-state index contributed by atoms with van der Waals surface area (Å²) in [6.45, 7) is 0.795. The maximum atomic E-state index is 11.7. The molecule has 88 valence electrons.